The fraction of sp³-hybridized carbons (Fsp3) is 0.727. The van der Waals surface area contributed by atoms with E-state index in [-0.39, 0.29) is 6.10 Å². The molecule has 0 aromatic heterocycles. The first-order valence-corrected chi connectivity index (χ1v) is 12.0. The van der Waals surface area contributed by atoms with E-state index in [1.165, 1.54) is 12.1 Å². The molecule has 5 nitrogen and oxygen atoms in total. The number of halogens is 3. The van der Waals surface area contributed by atoms with Gasteiger partial charge in [-0.25, -0.2) is 0 Å². The number of benzene rings is 1. The van der Waals surface area contributed by atoms with E-state index in [0.29, 0.717) is 19.8 Å². The van der Waals surface area contributed by atoms with Crippen LogP contribution >= 0.6 is 8.60 Å². The van der Waals surface area contributed by atoms with Crippen molar-refractivity contribution in [3.05, 3.63) is 35.4 Å². The van der Waals surface area contributed by atoms with Gasteiger partial charge in [-0.1, -0.05) is 31.9 Å². The van der Waals surface area contributed by atoms with Gasteiger partial charge in [0.1, 0.15) is 13.2 Å². The number of quaternary nitrogens is 1. The Hall–Kier alpha value is -0.760. The van der Waals surface area contributed by atoms with Gasteiger partial charge in [-0.15, -0.1) is 0 Å². The van der Waals surface area contributed by atoms with E-state index in [1.54, 1.807) is 0 Å². The monoisotopic (exact) mass is 468 g/mol. The Morgan fingerprint density at radius 1 is 0.968 bits per heavy atom. The van der Waals surface area contributed by atoms with Gasteiger partial charge in [0.2, 0.25) is 0 Å². The predicted molar refractivity (Wildman–Crippen MR) is 117 cm³/mol. The first-order valence-electron chi connectivity index (χ1n) is 10.8. The average molecular weight is 469 g/mol. The summed E-state index contributed by atoms with van der Waals surface area (Å²) in [5, 5.41) is 0. The van der Waals surface area contributed by atoms with Crippen molar-refractivity contribution >= 4 is 8.60 Å². The summed E-state index contributed by atoms with van der Waals surface area (Å²) < 4.78 is 55.4. The van der Waals surface area contributed by atoms with Crippen molar-refractivity contribution in [2.75, 3.05) is 40.9 Å². The Morgan fingerprint density at radius 3 is 2.16 bits per heavy atom. The minimum atomic E-state index is -4.32. The summed E-state index contributed by atoms with van der Waals surface area (Å²) in [6, 6.07) is 5.12. The van der Waals surface area contributed by atoms with E-state index in [9.17, 15) is 18.1 Å². The molecule has 0 saturated heterocycles. The van der Waals surface area contributed by atoms with Crippen LogP contribution in [0.5, 0.6) is 0 Å². The molecule has 0 bridgehead atoms. The van der Waals surface area contributed by atoms with Crippen LogP contribution < -0.4 is 0 Å². The van der Waals surface area contributed by atoms with E-state index < -0.39 is 20.3 Å². The Labute approximate surface area is 186 Å². The van der Waals surface area contributed by atoms with Crippen LogP contribution in [0.1, 0.15) is 56.6 Å². The molecule has 2 unspecified atom stereocenters. The Bertz CT molecular complexity index is 594. The van der Waals surface area contributed by atoms with Crippen molar-refractivity contribution in [3.8, 4) is 0 Å². The topological polar surface area (TPSA) is 47.9 Å². The molecular formula is C22H38F3NO4P+. The van der Waals surface area contributed by atoms with Gasteiger partial charge in [0, 0.05) is 0 Å². The van der Waals surface area contributed by atoms with Crippen molar-refractivity contribution in [3.63, 3.8) is 0 Å². The van der Waals surface area contributed by atoms with Crippen molar-refractivity contribution in [2.45, 2.75) is 64.3 Å². The molecule has 0 heterocycles. The number of nitrogens with zero attached hydrogens (tertiary/aromatic N) is 1. The summed E-state index contributed by atoms with van der Waals surface area (Å²) in [7, 11) is 4.32. The molecule has 2 atom stereocenters. The number of ether oxygens (including phenoxy) is 1. The van der Waals surface area contributed by atoms with Gasteiger partial charge < -0.3 is 23.2 Å². The lowest BCUT2D eigenvalue weighted by molar-refractivity contribution is -0.870. The highest BCUT2D eigenvalue weighted by atomic mass is 31.2. The number of likely N-dealkylation sites (N-methyl/N-ethyl adjacent to an activating group) is 1. The number of alkyl halides is 3. The van der Waals surface area contributed by atoms with E-state index in [4.69, 9.17) is 13.8 Å². The number of unbranched alkanes of at least 4 members (excludes halogenated alkanes) is 2. The summed E-state index contributed by atoms with van der Waals surface area (Å²) in [5.41, 5.74) is 0.0823. The molecule has 0 aliphatic heterocycles. The molecule has 180 valence electrons. The second-order valence-electron chi connectivity index (χ2n) is 8.68. The Morgan fingerprint density at radius 2 is 1.58 bits per heavy atom. The minimum absolute atomic E-state index is 0.0543. The molecule has 1 N–H and O–H groups in total. The van der Waals surface area contributed by atoms with Crippen molar-refractivity contribution in [1.82, 2.24) is 0 Å². The van der Waals surface area contributed by atoms with E-state index in [1.807, 2.05) is 0 Å². The van der Waals surface area contributed by atoms with Crippen LogP contribution in [-0.2, 0) is 26.6 Å². The zero-order chi connectivity index (χ0) is 23.3. The van der Waals surface area contributed by atoms with Gasteiger partial charge in [0.25, 0.3) is 0 Å². The molecule has 0 amide bonds. The summed E-state index contributed by atoms with van der Waals surface area (Å²) in [6.07, 6.45) is 1.25. The van der Waals surface area contributed by atoms with Gasteiger partial charge >= 0.3 is 14.8 Å². The molecule has 0 aliphatic rings. The normalized spacial score (nSPS) is 14.6. The fourth-order valence-electron chi connectivity index (χ4n) is 2.79. The van der Waals surface area contributed by atoms with Crippen molar-refractivity contribution in [1.29, 1.82) is 0 Å². The minimum Gasteiger partial charge on any atom is -0.374 e. The van der Waals surface area contributed by atoms with E-state index in [2.05, 4.69) is 28.1 Å². The van der Waals surface area contributed by atoms with Gasteiger partial charge in [-0.2, -0.15) is 13.2 Å². The van der Waals surface area contributed by atoms with Crippen LogP contribution in [0.2, 0.25) is 0 Å². The Kier molecular flexibility index (Phi) is 13.1. The first kappa shape index (κ1) is 28.3. The number of rotatable bonds is 16. The molecule has 0 aliphatic carbocycles. The third-order valence-electron chi connectivity index (χ3n) is 4.73. The van der Waals surface area contributed by atoms with Gasteiger partial charge in [-0.05, 0) is 43.4 Å². The molecule has 1 rings (SSSR count). The standard InChI is InChI=1S/C22H38F3NO4P/c1-5-6-9-21(28-18-19-11-13-20(14-12-19)22(23,24)25)10-7-8-16-29-31(27)30-17-15-26(2,3)4/h11-14,21,27H,5-10,15-18H2,1-4H3/q+1. The molecule has 0 fully saturated rings. The second kappa shape index (κ2) is 14.4. The average Bonchev–Trinajstić information content (AvgIpc) is 2.67. The van der Waals surface area contributed by atoms with Crippen LogP contribution in [0.3, 0.4) is 0 Å². The smallest absolute Gasteiger partial charge is 0.374 e. The van der Waals surface area contributed by atoms with Crippen LogP contribution in [-0.4, -0.2) is 56.4 Å². The third kappa shape index (κ3) is 14.1. The highest BCUT2D eigenvalue weighted by Gasteiger charge is 2.29. The summed E-state index contributed by atoms with van der Waals surface area (Å²) in [4.78, 5) is 9.77. The highest BCUT2D eigenvalue weighted by Crippen LogP contribution is 2.33. The summed E-state index contributed by atoms with van der Waals surface area (Å²) in [5.74, 6) is 0. The van der Waals surface area contributed by atoms with Gasteiger partial charge in [0.15, 0.2) is 0 Å². The maximum atomic E-state index is 12.7. The van der Waals surface area contributed by atoms with Crippen LogP contribution in [0.25, 0.3) is 0 Å². The van der Waals surface area contributed by atoms with Gasteiger partial charge in [-0.3, -0.25) is 0 Å². The number of hydrogen-bond donors (Lipinski definition) is 1. The lowest BCUT2D eigenvalue weighted by Crippen LogP contribution is -2.37. The summed E-state index contributed by atoms with van der Waals surface area (Å²) in [6.45, 7) is 4.07. The molecule has 31 heavy (non-hydrogen) atoms. The molecule has 9 heteroatoms. The van der Waals surface area contributed by atoms with Crippen LogP contribution in [0, 0.1) is 0 Å². The molecule has 1 aromatic rings. The van der Waals surface area contributed by atoms with Gasteiger partial charge in [0.05, 0.1) is 46.0 Å². The molecule has 0 spiro atoms. The van der Waals surface area contributed by atoms with E-state index in [0.717, 1.165) is 67.2 Å². The fourth-order valence-corrected chi connectivity index (χ4v) is 3.39. The summed E-state index contributed by atoms with van der Waals surface area (Å²) >= 11 is 0. The lowest BCUT2D eigenvalue weighted by Gasteiger charge is -2.23. The Balaban J connectivity index is 2.29. The molecule has 0 saturated carbocycles. The molecular weight excluding hydrogens is 430 g/mol. The molecule has 0 radical (unpaired) electrons. The predicted octanol–water partition coefficient (Wildman–Crippen LogP) is 5.91. The highest BCUT2D eigenvalue weighted by molar-refractivity contribution is 7.40. The zero-order valence-corrected chi connectivity index (χ0v) is 20.1. The SMILES string of the molecule is CCCCC(CCCCOP(O)OCC[N+](C)(C)C)OCc1ccc(C(F)(F)F)cc1. The largest absolute Gasteiger partial charge is 0.416 e. The maximum Gasteiger partial charge on any atom is 0.416 e. The second-order valence-corrected chi connectivity index (χ2v) is 9.68. The van der Waals surface area contributed by atoms with Crippen molar-refractivity contribution in [2.24, 2.45) is 0 Å². The third-order valence-corrected chi connectivity index (χ3v) is 5.54. The number of hydrogen-bond acceptors (Lipinski definition) is 4. The lowest BCUT2D eigenvalue weighted by atomic mass is 10.1. The van der Waals surface area contributed by atoms with Crippen LogP contribution in [0.15, 0.2) is 24.3 Å². The van der Waals surface area contributed by atoms with E-state index >= 15 is 0 Å². The zero-order valence-electron chi connectivity index (χ0n) is 19.2. The maximum absolute atomic E-state index is 12.7. The quantitative estimate of drug-likeness (QED) is 0.186. The molecule has 1 aromatic carbocycles. The van der Waals surface area contributed by atoms with Crippen LogP contribution in [0.4, 0.5) is 13.2 Å². The van der Waals surface area contributed by atoms with Crippen molar-refractivity contribution < 1.29 is 36.3 Å². The first-order chi connectivity index (χ1) is 14.5.